The van der Waals surface area contributed by atoms with Crippen LogP contribution >= 0.6 is 11.7 Å². The number of hydrogen-bond acceptors (Lipinski definition) is 6. The Morgan fingerprint density at radius 1 is 1.29 bits per heavy atom. The maximum atomic E-state index is 4.27. The number of anilines is 1. The summed E-state index contributed by atoms with van der Waals surface area (Å²) in [5.74, 6) is 1.05. The van der Waals surface area contributed by atoms with Crippen LogP contribution in [0.3, 0.4) is 0 Å². The van der Waals surface area contributed by atoms with Crippen LogP contribution < -0.4 is 4.90 Å². The molecule has 0 N–H and O–H groups in total. The second kappa shape index (κ2) is 4.88. The van der Waals surface area contributed by atoms with Crippen molar-refractivity contribution in [2.45, 2.75) is 13.0 Å². The van der Waals surface area contributed by atoms with Gasteiger partial charge in [0.1, 0.15) is 0 Å². The molecule has 0 bridgehead atoms. The largest absolute Gasteiger partial charge is 0.351 e. The first-order valence-corrected chi connectivity index (χ1v) is 7.08. The summed E-state index contributed by atoms with van der Waals surface area (Å²) in [6.45, 7) is 10.6. The van der Waals surface area contributed by atoms with Gasteiger partial charge in [0.25, 0.3) is 0 Å². The molecule has 0 aliphatic carbocycles. The first-order chi connectivity index (χ1) is 8.36. The van der Waals surface area contributed by atoms with Crippen molar-refractivity contribution in [3.05, 3.63) is 6.20 Å². The van der Waals surface area contributed by atoms with Crippen molar-refractivity contribution in [3.63, 3.8) is 0 Å². The van der Waals surface area contributed by atoms with E-state index in [9.17, 15) is 0 Å². The van der Waals surface area contributed by atoms with E-state index >= 15 is 0 Å². The summed E-state index contributed by atoms with van der Waals surface area (Å²) in [7, 11) is 0. The third-order valence-electron chi connectivity index (χ3n) is 3.91. The summed E-state index contributed by atoms with van der Waals surface area (Å²) < 4.78 is 8.33. The summed E-state index contributed by atoms with van der Waals surface area (Å²) in [4.78, 5) is 7.47. The van der Waals surface area contributed by atoms with E-state index in [2.05, 4.69) is 30.4 Å². The highest BCUT2D eigenvalue weighted by atomic mass is 32.1. The SMILES string of the molecule is CCN1CCN(C2CN(c3cnsn3)C2)CC1. The van der Waals surface area contributed by atoms with Crippen LogP contribution in [-0.2, 0) is 0 Å². The lowest BCUT2D eigenvalue weighted by Gasteiger charge is -2.48. The molecule has 5 nitrogen and oxygen atoms in total. The summed E-state index contributed by atoms with van der Waals surface area (Å²) in [5.41, 5.74) is 0. The van der Waals surface area contributed by atoms with Gasteiger partial charge in [0.05, 0.1) is 17.9 Å². The van der Waals surface area contributed by atoms with Crippen LogP contribution in [0, 0.1) is 0 Å². The zero-order valence-corrected chi connectivity index (χ0v) is 11.1. The molecule has 1 aromatic rings. The second-order valence-corrected chi connectivity index (χ2v) is 5.35. The molecule has 2 aliphatic rings. The highest BCUT2D eigenvalue weighted by Gasteiger charge is 2.34. The topological polar surface area (TPSA) is 35.5 Å². The van der Waals surface area contributed by atoms with Gasteiger partial charge in [-0.1, -0.05) is 6.92 Å². The van der Waals surface area contributed by atoms with Crippen molar-refractivity contribution in [1.29, 1.82) is 0 Å². The van der Waals surface area contributed by atoms with E-state index in [0.29, 0.717) is 0 Å². The molecule has 0 spiro atoms. The lowest BCUT2D eigenvalue weighted by atomic mass is 10.1. The molecule has 6 heteroatoms. The lowest BCUT2D eigenvalue weighted by Crippen LogP contribution is -2.63. The van der Waals surface area contributed by atoms with Gasteiger partial charge in [-0.05, 0) is 6.54 Å². The molecule has 0 radical (unpaired) electrons. The van der Waals surface area contributed by atoms with Crippen LogP contribution in [-0.4, -0.2) is 70.4 Å². The zero-order valence-electron chi connectivity index (χ0n) is 10.2. The van der Waals surface area contributed by atoms with E-state index in [1.807, 2.05) is 6.20 Å². The molecule has 3 heterocycles. The molecule has 0 atom stereocenters. The van der Waals surface area contributed by atoms with Crippen LogP contribution in [0.1, 0.15) is 6.92 Å². The predicted molar refractivity (Wildman–Crippen MR) is 69.6 cm³/mol. The smallest absolute Gasteiger partial charge is 0.162 e. The quantitative estimate of drug-likeness (QED) is 0.777. The van der Waals surface area contributed by atoms with E-state index < -0.39 is 0 Å². The van der Waals surface area contributed by atoms with Crippen molar-refractivity contribution >= 4 is 17.5 Å². The van der Waals surface area contributed by atoms with Gasteiger partial charge in [-0.3, -0.25) is 4.90 Å². The van der Waals surface area contributed by atoms with Crippen molar-refractivity contribution in [1.82, 2.24) is 18.5 Å². The van der Waals surface area contributed by atoms with E-state index in [1.165, 1.54) is 44.5 Å². The average Bonchev–Trinajstić information content (AvgIpc) is 2.82. The van der Waals surface area contributed by atoms with Gasteiger partial charge in [0, 0.05) is 45.3 Å². The monoisotopic (exact) mass is 253 g/mol. The van der Waals surface area contributed by atoms with Gasteiger partial charge in [0.2, 0.25) is 0 Å². The third-order valence-corrected chi connectivity index (χ3v) is 4.37. The van der Waals surface area contributed by atoms with Crippen molar-refractivity contribution < 1.29 is 0 Å². The maximum Gasteiger partial charge on any atom is 0.162 e. The standard InChI is InChI=1S/C11H19N5S/c1-2-14-3-5-15(6-4-14)10-8-16(9-10)11-7-12-17-13-11/h7,10H,2-6,8-9H2,1H3. The Kier molecular flexibility index (Phi) is 3.26. The number of nitrogens with zero attached hydrogens (tertiary/aromatic N) is 5. The zero-order chi connectivity index (χ0) is 11.7. The van der Waals surface area contributed by atoms with Crippen LogP contribution in [0.15, 0.2) is 6.20 Å². The van der Waals surface area contributed by atoms with Gasteiger partial charge >= 0.3 is 0 Å². The van der Waals surface area contributed by atoms with Crippen LogP contribution in [0.2, 0.25) is 0 Å². The molecule has 17 heavy (non-hydrogen) atoms. The molecule has 1 aromatic heterocycles. The molecule has 2 saturated heterocycles. The highest BCUT2D eigenvalue weighted by Crippen LogP contribution is 2.22. The molecular formula is C11H19N5S. The molecule has 0 unspecified atom stereocenters. The second-order valence-electron chi connectivity index (χ2n) is 4.79. The van der Waals surface area contributed by atoms with Gasteiger partial charge < -0.3 is 9.80 Å². The van der Waals surface area contributed by atoms with E-state index in [1.54, 1.807) is 0 Å². The number of rotatable bonds is 3. The molecular weight excluding hydrogens is 234 g/mol. The normalized spacial score (nSPS) is 23.9. The number of piperazine rings is 1. The summed E-state index contributed by atoms with van der Waals surface area (Å²) in [5, 5.41) is 0. The van der Waals surface area contributed by atoms with E-state index in [4.69, 9.17) is 0 Å². The first kappa shape index (κ1) is 11.4. The third kappa shape index (κ3) is 2.29. The number of aromatic nitrogens is 2. The van der Waals surface area contributed by atoms with Crippen molar-refractivity contribution in [3.8, 4) is 0 Å². The van der Waals surface area contributed by atoms with Gasteiger partial charge in [-0.25, -0.2) is 0 Å². The summed E-state index contributed by atoms with van der Waals surface area (Å²) >= 11 is 1.30. The molecule has 0 saturated carbocycles. The highest BCUT2D eigenvalue weighted by molar-refractivity contribution is 6.99. The first-order valence-electron chi connectivity index (χ1n) is 6.35. The molecule has 2 aliphatic heterocycles. The fraction of sp³-hybridized carbons (Fsp3) is 0.818. The predicted octanol–water partition coefficient (Wildman–Crippen LogP) is 0.364. The number of hydrogen-bond donors (Lipinski definition) is 0. The minimum absolute atomic E-state index is 0.732. The molecule has 3 rings (SSSR count). The molecule has 94 valence electrons. The van der Waals surface area contributed by atoms with Crippen LogP contribution in [0.4, 0.5) is 5.82 Å². The molecule has 0 amide bonds. The van der Waals surface area contributed by atoms with Gasteiger partial charge in [-0.2, -0.15) is 8.75 Å². The molecule has 2 fully saturated rings. The summed E-state index contributed by atoms with van der Waals surface area (Å²) in [6.07, 6.45) is 1.87. The Bertz CT molecular complexity index is 341. The Balaban J connectivity index is 1.47. The van der Waals surface area contributed by atoms with Gasteiger partial charge in [0.15, 0.2) is 5.82 Å². The van der Waals surface area contributed by atoms with Crippen molar-refractivity contribution in [2.75, 3.05) is 50.7 Å². The van der Waals surface area contributed by atoms with E-state index in [-0.39, 0.29) is 0 Å². The fourth-order valence-corrected chi connectivity index (χ4v) is 3.05. The van der Waals surface area contributed by atoms with Crippen molar-refractivity contribution in [2.24, 2.45) is 0 Å². The maximum absolute atomic E-state index is 4.27. The van der Waals surface area contributed by atoms with Crippen LogP contribution in [0.25, 0.3) is 0 Å². The Morgan fingerprint density at radius 3 is 2.65 bits per heavy atom. The van der Waals surface area contributed by atoms with E-state index in [0.717, 1.165) is 24.9 Å². The fourth-order valence-electron chi connectivity index (χ4n) is 2.62. The number of likely N-dealkylation sites (N-methyl/N-ethyl adjacent to an activating group) is 1. The Hall–Kier alpha value is -0.720. The minimum atomic E-state index is 0.732. The molecule has 0 aromatic carbocycles. The lowest BCUT2D eigenvalue weighted by molar-refractivity contribution is 0.0859. The van der Waals surface area contributed by atoms with Gasteiger partial charge in [-0.15, -0.1) is 0 Å². The minimum Gasteiger partial charge on any atom is -0.351 e. The average molecular weight is 253 g/mol. The van der Waals surface area contributed by atoms with Crippen LogP contribution in [0.5, 0.6) is 0 Å². The summed E-state index contributed by atoms with van der Waals surface area (Å²) in [6, 6.07) is 0.732. The Labute approximate surface area is 106 Å². The Morgan fingerprint density at radius 2 is 2.06 bits per heavy atom.